The third kappa shape index (κ3) is 4.04. The summed E-state index contributed by atoms with van der Waals surface area (Å²) in [5, 5.41) is 3.67. The van der Waals surface area contributed by atoms with E-state index in [9.17, 15) is 0 Å². The molecule has 3 heterocycles. The van der Waals surface area contributed by atoms with Crippen LogP contribution in [0.2, 0.25) is 0 Å². The normalized spacial score (nSPS) is 27.0. The average molecular weight is 363 g/mol. The maximum absolute atomic E-state index is 5.59. The zero-order chi connectivity index (χ0) is 18.6. The second-order valence-corrected chi connectivity index (χ2v) is 7.92. The second kappa shape index (κ2) is 8.39. The van der Waals surface area contributed by atoms with Crippen molar-refractivity contribution in [1.29, 1.82) is 0 Å². The Hall–Kier alpha value is -1.60. The summed E-state index contributed by atoms with van der Waals surface area (Å²) in [7, 11) is 6.24. The minimum atomic E-state index is 0.140. The number of aromatic nitrogens is 2. The standard InChI is InChI=1S/C19H34N6O/c1-16-5-9-24(13-17(16)25-10-8-21-15-25)18(20-2)22-14-19(23(3)4)6-11-26-12-7-19/h8,10,15-17H,5-7,9,11-14H2,1-4H3,(H,20,22). The van der Waals surface area contributed by atoms with Gasteiger partial charge in [-0.05, 0) is 39.3 Å². The fourth-order valence-electron chi connectivity index (χ4n) is 4.20. The van der Waals surface area contributed by atoms with Gasteiger partial charge in [-0.15, -0.1) is 0 Å². The number of nitrogens with zero attached hydrogens (tertiary/aromatic N) is 5. The summed E-state index contributed by atoms with van der Waals surface area (Å²) in [5.74, 6) is 1.65. The van der Waals surface area contributed by atoms with E-state index in [1.54, 1.807) is 0 Å². The van der Waals surface area contributed by atoms with E-state index in [1.807, 2.05) is 19.6 Å². The monoisotopic (exact) mass is 362 g/mol. The van der Waals surface area contributed by atoms with E-state index in [0.29, 0.717) is 12.0 Å². The van der Waals surface area contributed by atoms with E-state index in [0.717, 1.165) is 58.1 Å². The second-order valence-electron chi connectivity index (χ2n) is 7.92. The summed E-state index contributed by atoms with van der Waals surface area (Å²) in [6.45, 7) is 6.92. The molecule has 2 aliphatic heterocycles. The van der Waals surface area contributed by atoms with Crippen molar-refractivity contribution in [2.24, 2.45) is 10.9 Å². The Morgan fingerprint density at radius 2 is 2.15 bits per heavy atom. The Labute approximate surface area is 157 Å². The third-order valence-electron chi connectivity index (χ3n) is 6.29. The molecule has 3 rings (SSSR count). The van der Waals surface area contributed by atoms with Crippen molar-refractivity contribution in [2.75, 3.05) is 54.0 Å². The quantitative estimate of drug-likeness (QED) is 0.649. The van der Waals surface area contributed by atoms with Crippen LogP contribution >= 0.6 is 0 Å². The number of hydrogen-bond acceptors (Lipinski definition) is 4. The molecule has 1 aromatic heterocycles. The van der Waals surface area contributed by atoms with E-state index >= 15 is 0 Å². The lowest BCUT2D eigenvalue weighted by Crippen LogP contribution is -2.58. The lowest BCUT2D eigenvalue weighted by atomic mass is 9.88. The summed E-state index contributed by atoms with van der Waals surface area (Å²) < 4.78 is 7.83. The minimum Gasteiger partial charge on any atom is -0.381 e. The first-order valence-electron chi connectivity index (χ1n) is 9.74. The van der Waals surface area contributed by atoms with Gasteiger partial charge in [0.2, 0.25) is 0 Å². The zero-order valence-electron chi connectivity index (χ0n) is 16.7. The van der Waals surface area contributed by atoms with Crippen LogP contribution in [0.3, 0.4) is 0 Å². The molecule has 1 N–H and O–H groups in total. The van der Waals surface area contributed by atoms with Crippen LogP contribution in [0.5, 0.6) is 0 Å². The van der Waals surface area contributed by atoms with Gasteiger partial charge in [0.1, 0.15) is 0 Å². The molecule has 0 aliphatic carbocycles. The number of likely N-dealkylation sites (tertiary alicyclic amines) is 1. The molecule has 2 fully saturated rings. The number of nitrogens with one attached hydrogen (secondary N) is 1. The molecule has 7 nitrogen and oxygen atoms in total. The highest BCUT2D eigenvalue weighted by Gasteiger charge is 2.36. The van der Waals surface area contributed by atoms with Crippen molar-refractivity contribution in [3.8, 4) is 0 Å². The van der Waals surface area contributed by atoms with E-state index < -0.39 is 0 Å². The molecule has 26 heavy (non-hydrogen) atoms. The zero-order valence-corrected chi connectivity index (χ0v) is 16.7. The summed E-state index contributed by atoms with van der Waals surface area (Å²) >= 11 is 0. The number of guanidine groups is 1. The molecule has 0 radical (unpaired) electrons. The maximum atomic E-state index is 5.59. The Morgan fingerprint density at radius 3 is 2.77 bits per heavy atom. The molecule has 0 saturated carbocycles. The first kappa shape index (κ1) is 19.2. The Bertz CT molecular complexity index is 579. The topological polar surface area (TPSA) is 57.9 Å². The van der Waals surface area contributed by atoms with Crippen LogP contribution in [0.15, 0.2) is 23.7 Å². The Kier molecular flexibility index (Phi) is 6.19. The van der Waals surface area contributed by atoms with Gasteiger partial charge in [0.25, 0.3) is 0 Å². The van der Waals surface area contributed by atoms with Gasteiger partial charge < -0.3 is 24.4 Å². The van der Waals surface area contributed by atoms with Crippen molar-refractivity contribution in [3.05, 3.63) is 18.7 Å². The van der Waals surface area contributed by atoms with Gasteiger partial charge in [-0.3, -0.25) is 4.99 Å². The summed E-state index contributed by atoms with van der Waals surface area (Å²) in [5.41, 5.74) is 0.140. The van der Waals surface area contributed by atoms with E-state index in [1.165, 1.54) is 0 Å². The van der Waals surface area contributed by atoms with Crippen molar-refractivity contribution in [2.45, 2.75) is 37.8 Å². The fraction of sp³-hybridized carbons (Fsp3) is 0.789. The highest BCUT2D eigenvalue weighted by molar-refractivity contribution is 5.80. The number of imidazole rings is 1. The number of rotatable bonds is 4. The first-order chi connectivity index (χ1) is 12.6. The van der Waals surface area contributed by atoms with E-state index in [4.69, 9.17) is 4.74 Å². The average Bonchev–Trinajstić information content (AvgIpc) is 3.18. The number of aliphatic imine (C=N–C) groups is 1. The first-order valence-corrected chi connectivity index (χ1v) is 9.74. The van der Waals surface area contributed by atoms with Crippen LogP contribution in [0.1, 0.15) is 32.2 Å². The van der Waals surface area contributed by atoms with Crippen molar-refractivity contribution in [1.82, 2.24) is 24.7 Å². The summed E-state index contributed by atoms with van der Waals surface area (Å²) in [6.07, 6.45) is 9.14. The summed E-state index contributed by atoms with van der Waals surface area (Å²) in [4.78, 5) is 13.6. The molecule has 1 aromatic rings. The van der Waals surface area contributed by atoms with Crippen LogP contribution in [-0.2, 0) is 4.74 Å². The molecule has 7 heteroatoms. The van der Waals surface area contributed by atoms with Crippen molar-refractivity contribution < 1.29 is 4.74 Å². The van der Waals surface area contributed by atoms with Gasteiger partial charge >= 0.3 is 0 Å². The largest absolute Gasteiger partial charge is 0.381 e. The van der Waals surface area contributed by atoms with Crippen molar-refractivity contribution in [3.63, 3.8) is 0 Å². The fourth-order valence-corrected chi connectivity index (χ4v) is 4.20. The van der Waals surface area contributed by atoms with Crippen LogP contribution in [-0.4, -0.2) is 84.8 Å². The lowest BCUT2D eigenvalue weighted by Gasteiger charge is -2.44. The number of hydrogen-bond donors (Lipinski definition) is 1. The van der Waals surface area contributed by atoms with Crippen molar-refractivity contribution >= 4 is 5.96 Å². The molecule has 0 amide bonds. The smallest absolute Gasteiger partial charge is 0.193 e. The van der Waals surface area contributed by atoms with Crippen LogP contribution in [0, 0.1) is 5.92 Å². The molecule has 0 aromatic carbocycles. The van der Waals surface area contributed by atoms with Gasteiger partial charge in [0.05, 0.1) is 12.4 Å². The third-order valence-corrected chi connectivity index (χ3v) is 6.29. The molecule has 2 aliphatic rings. The Morgan fingerprint density at radius 1 is 1.38 bits per heavy atom. The number of likely N-dealkylation sites (N-methyl/N-ethyl adjacent to an activating group) is 1. The number of piperidine rings is 1. The predicted molar refractivity (Wildman–Crippen MR) is 104 cm³/mol. The van der Waals surface area contributed by atoms with Gasteiger partial charge in [-0.2, -0.15) is 0 Å². The highest BCUT2D eigenvalue weighted by atomic mass is 16.5. The van der Waals surface area contributed by atoms with Gasteiger partial charge in [0, 0.05) is 57.8 Å². The molecule has 146 valence electrons. The lowest BCUT2D eigenvalue weighted by molar-refractivity contribution is -0.00537. The minimum absolute atomic E-state index is 0.140. The number of ether oxygens (including phenoxy) is 1. The van der Waals surface area contributed by atoms with Crippen LogP contribution in [0.4, 0.5) is 0 Å². The SMILES string of the molecule is CN=C(NCC1(N(C)C)CCOCC1)N1CCC(C)C(n2ccnc2)C1. The molecule has 2 atom stereocenters. The van der Waals surface area contributed by atoms with Gasteiger partial charge in [0.15, 0.2) is 5.96 Å². The molecular weight excluding hydrogens is 328 g/mol. The van der Waals surface area contributed by atoms with Gasteiger partial charge in [-0.1, -0.05) is 6.92 Å². The van der Waals surface area contributed by atoms with Crippen LogP contribution in [0.25, 0.3) is 0 Å². The van der Waals surface area contributed by atoms with Crippen LogP contribution < -0.4 is 5.32 Å². The molecule has 0 bridgehead atoms. The molecule has 2 unspecified atom stereocenters. The summed E-state index contributed by atoms with van der Waals surface area (Å²) in [6, 6.07) is 0.440. The van der Waals surface area contributed by atoms with E-state index in [-0.39, 0.29) is 5.54 Å². The highest BCUT2D eigenvalue weighted by Crippen LogP contribution is 2.28. The Balaban J connectivity index is 1.65. The van der Waals surface area contributed by atoms with Gasteiger partial charge in [-0.25, -0.2) is 4.98 Å². The molecule has 0 spiro atoms. The molecule has 2 saturated heterocycles. The predicted octanol–water partition coefficient (Wildman–Crippen LogP) is 1.45. The maximum Gasteiger partial charge on any atom is 0.193 e. The molecular formula is C19H34N6O. The van der Waals surface area contributed by atoms with E-state index in [2.05, 4.69) is 56.9 Å².